The van der Waals surface area contributed by atoms with Crippen molar-refractivity contribution in [3.8, 4) is 16.9 Å². The number of aryl methyl sites for hydroxylation is 1. The van der Waals surface area contributed by atoms with Gasteiger partial charge in [0.05, 0.1) is 17.2 Å². The van der Waals surface area contributed by atoms with E-state index in [-0.39, 0.29) is 17.7 Å². The molecule has 0 aromatic heterocycles. The zero-order valence-electron chi connectivity index (χ0n) is 24.5. The quantitative estimate of drug-likeness (QED) is 0.0953. The number of hydrogen-bond acceptors (Lipinski definition) is 6. The van der Waals surface area contributed by atoms with Crippen LogP contribution in [0.3, 0.4) is 0 Å². The number of unbranched alkanes of at least 4 members (excludes halogenated alkanes) is 2. The highest BCUT2D eigenvalue weighted by molar-refractivity contribution is 6.11. The van der Waals surface area contributed by atoms with E-state index in [4.69, 9.17) is 9.84 Å². The van der Waals surface area contributed by atoms with Gasteiger partial charge in [0.25, 0.3) is 17.5 Å². The Balaban J connectivity index is 1.51. The SMILES string of the molecule is Cc1ccc(-c2ccccc2C(=O)Nc2ccc(C(=O)N(C)c3ccccc3OCCCCCC(=O)O)c([N+](=O)[O-])c2)cc1. The molecule has 0 aliphatic heterocycles. The summed E-state index contributed by atoms with van der Waals surface area (Å²) < 4.78 is 5.86. The van der Waals surface area contributed by atoms with Crippen molar-refractivity contribution in [2.24, 2.45) is 0 Å². The molecule has 0 radical (unpaired) electrons. The lowest BCUT2D eigenvalue weighted by molar-refractivity contribution is -0.385. The number of rotatable bonds is 13. The molecule has 4 rings (SSSR count). The molecule has 0 unspecified atom stereocenters. The number of ether oxygens (including phenoxy) is 1. The van der Waals surface area contributed by atoms with E-state index in [2.05, 4.69) is 5.32 Å². The molecule has 0 atom stereocenters. The molecule has 44 heavy (non-hydrogen) atoms. The van der Waals surface area contributed by atoms with Crippen LogP contribution in [0, 0.1) is 17.0 Å². The number of nitrogens with one attached hydrogen (secondary N) is 1. The third kappa shape index (κ3) is 7.86. The summed E-state index contributed by atoms with van der Waals surface area (Å²) in [5.41, 5.74) is 3.05. The fourth-order valence-electron chi connectivity index (χ4n) is 4.69. The van der Waals surface area contributed by atoms with Gasteiger partial charge in [0, 0.05) is 30.8 Å². The first kappa shape index (κ1) is 31.4. The van der Waals surface area contributed by atoms with Gasteiger partial charge >= 0.3 is 5.97 Å². The Hall–Kier alpha value is -5.51. The first-order valence-electron chi connectivity index (χ1n) is 14.1. The summed E-state index contributed by atoms with van der Waals surface area (Å²) in [4.78, 5) is 50.2. The fraction of sp³-hybridized carbons (Fsp3) is 0.206. The Kier molecular flexibility index (Phi) is 10.4. The molecule has 0 heterocycles. The van der Waals surface area contributed by atoms with Gasteiger partial charge in [-0.25, -0.2) is 0 Å². The first-order chi connectivity index (χ1) is 21.2. The van der Waals surface area contributed by atoms with E-state index in [0.717, 1.165) is 11.1 Å². The van der Waals surface area contributed by atoms with Crippen molar-refractivity contribution in [1.29, 1.82) is 0 Å². The van der Waals surface area contributed by atoms with E-state index in [9.17, 15) is 24.5 Å². The van der Waals surface area contributed by atoms with Gasteiger partial charge in [-0.15, -0.1) is 0 Å². The van der Waals surface area contributed by atoms with Gasteiger partial charge in [-0.1, -0.05) is 60.2 Å². The molecule has 0 bridgehead atoms. The van der Waals surface area contributed by atoms with Gasteiger partial charge in [-0.2, -0.15) is 0 Å². The van der Waals surface area contributed by atoms with Crippen LogP contribution < -0.4 is 15.0 Å². The molecule has 226 valence electrons. The van der Waals surface area contributed by atoms with Crippen LogP contribution in [0.25, 0.3) is 11.1 Å². The molecule has 2 N–H and O–H groups in total. The molecule has 0 saturated carbocycles. The highest BCUT2D eigenvalue weighted by Crippen LogP contribution is 2.32. The van der Waals surface area contributed by atoms with Crippen LogP contribution in [0.1, 0.15) is 52.0 Å². The second-order valence-corrected chi connectivity index (χ2v) is 10.2. The first-order valence-corrected chi connectivity index (χ1v) is 14.1. The molecule has 4 aromatic carbocycles. The van der Waals surface area contributed by atoms with Crippen molar-refractivity contribution >= 4 is 34.8 Å². The van der Waals surface area contributed by atoms with Crippen LogP contribution in [0.2, 0.25) is 0 Å². The maximum Gasteiger partial charge on any atom is 0.303 e. The number of carboxylic acids is 1. The molecule has 10 heteroatoms. The van der Waals surface area contributed by atoms with E-state index >= 15 is 0 Å². The number of nitro benzene ring substituents is 1. The van der Waals surface area contributed by atoms with E-state index in [1.807, 2.05) is 43.3 Å². The van der Waals surface area contributed by atoms with E-state index in [1.165, 1.54) is 30.1 Å². The largest absolute Gasteiger partial charge is 0.491 e. The van der Waals surface area contributed by atoms with Crippen molar-refractivity contribution in [3.63, 3.8) is 0 Å². The molecule has 0 fully saturated rings. The second kappa shape index (κ2) is 14.6. The van der Waals surface area contributed by atoms with E-state index in [0.29, 0.717) is 48.4 Å². The summed E-state index contributed by atoms with van der Waals surface area (Å²) >= 11 is 0. The summed E-state index contributed by atoms with van der Waals surface area (Å²) in [7, 11) is 1.50. The molecule has 0 saturated heterocycles. The summed E-state index contributed by atoms with van der Waals surface area (Å²) in [5.74, 6) is -1.50. The van der Waals surface area contributed by atoms with Crippen molar-refractivity contribution in [2.45, 2.75) is 32.6 Å². The van der Waals surface area contributed by atoms with Gasteiger partial charge in [0.1, 0.15) is 11.3 Å². The fourth-order valence-corrected chi connectivity index (χ4v) is 4.69. The lowest BCUT2D eigenvalue weighted by Crippen LogP contribution is -2.27. The molecule has 0 spiro atoms. The Morgan fingerprint density at radius 3 is 2.32 bits per heavy atom. The normalized spacial score (nSPS) is 10.6. The topological polar surface area (TPSA) is 139 Å². The minimum absolute atomic E-state index is 0.0931. The van der Waals surface area contributed by atoms with Crippen LogP contribution in [0.5, 0.6) is 5.75 Å². The smallest absolute Gasteiger partial charge is 0.303 e. The third-order valence-corrected chi connectivity index (χ3v) is 7.04. The maximum absolute atomic E-state index is 13.5. The summed E-state index contributed by atoms with van der Waals surface area (Å²) in [6.07, 6.45) is 1.94. The summed E-state index contributed by atoms with van der Waals surface area (Å²) in [6, 6.07) is 25.6. The Morgan fingerprint density at radius 2 is 1.59 bits per heavy atom. The van der Waals surface area contributed by atoms with Crippen LogP contribution in [0.4, 0.5) is 17.1 Å². The molecular weight excluding hydrogens is 562 g/mol. The van der Waals surface area contributed by atoms with Crippen molar-refractivity contribution in [1.82, 2.24) is 0 Å². The number of carbonyl (C=O) groups is 3. The Labute approximate surface area is 255 Å². The predicted molar refractivity (Wildman–Crippen MR) is 168 cm³/mol. The zero-order valence-corrected chi connectivity index (χ0v) is 24.5. The third-order valence-electron chi connectivity index (χ3n) is 7.04. The van der Waals surface area contributed by atoms with Crippen LogP contribution in [0.15, 0.2) is 91.0 Å². The van der Waals surface area contributed by atoms with E-state index in [1.54, 1.807) is 36.4 Å². The number of para-hydroxylation sites is 2. The highest BCUT2D eigenvalue weighted by Gasteiger charge is 2.26. The van der Waals surface area contributed by atoms with Gasteiger partial charge in [-0.05, 0) is 67.6 Å². The van der Waals surface area contributed by atoms with Gasteiger partial charge < -0.3 is 20.1 Å². The molecule has 4 aromatic rings. The maximum atomic E-state index is 13.5. The van der Waals surface area contributed by atoms with E-state index < -0.39 is 28.4 Å². The van der Waals surface area contributed by atoms with Gasteiger partial charge in [0.15, 0.2) is 0 Å². The van der Waals surface area contributed by atoms with Crippen molar-refractivity contribution < 1.29 is 29.2 Å². The molecule has 2 amide bonds. The van der Waals surface area contributed by atoms with Crippen molar-refractivity contribution in [3.05, 3.63) is 118 Å². The highest BCUT2D eigenvalue weighted by atomic mass is 16.6. The van der Waals surface area contributed by atoms with Crippen LogP contribution in [-0.2, 0) is 4.79 Å². The second-order valence-electron chi connectivity index (χ2n) is 10.2. The summed E-state index contributed by atoms with van der Waals surface area (Å²) in [5, 5.41) is 23.6. The number of carboxylic acid groups (broad SMARTS) is 1. The Morgan fingerprint density at radius 1 is 0.886 bits per heavy atom. The standard InChI is InChI=1S/C34H33N3O7/c1-23-15-17-24(18-16-23)26-10-5-6-11-27(26)33(40)35-25-19-20-28(30(22-25)37(42)43)34(41)36(2)29-12-7-8-13-31(29)44-21-9-3-4-14-32(38)39/h5-8,10-13,15-20,22H,3-4,9,14,21H2,1-2H3,(H,35,40)(H,38,39). The van der Waals surface area contributed by atoms with Crippen LogP contribution in [-0.4, -0.2) is 41.5 Å². The molecule has 0 aliphatic rings. The van der Waals surface area contributed by atoms with Crippen LogP contribution >= 0.6 is 0 Å². The minimum atomic E-state index is -0.843. The van der Waals surface area contributed by atoms with Gasteiger partial charge in [-0.3, -0.25) is 24.5 Å². The number of nitro groups is 1. The number of benzene rings is 4. The number of amides is 2. The summed E-state index contributed by atoms with van der Waals surface area (Å²) in [6.45, 7) is 2.30. The average molecular weight is 596 g/mol. The minimum Gasteiger partial charge on any atom is -0.491 e. The molecule has 10 nitrogen and oxygen atoms in total. The zero-order chi connectivity index (χ0) is 31.6. The van der Waals surface area contributed by atoms with Crippen molar-refractivity contribution in [2.75, 3.05) is 23.9 Å². The average Bonchev–Trinajstić information content (AvgIpc) is 3.02. The number of anilines is 2. The molecular formula is C34H33N3O7. The van der Waals surface area contributed by atoms with Gasteiger partial charge in [0.2, 0.25) is 0 Å². The number of aliphatic carboxylic acids is 1. The lowest BCUT2D eigenvalue weighted by Gasteiger charge is -2.21. The number of carbonyl (C=O) groups excluding carboxylic acids is 2. The monoisotopic (exact) mass is 595 g/mol. The number of nitrogens with zero attached hydrogens (tertiary/aromatic N) is 2. The predicted octanol–water partition coefficient (Wildman–Crippen LogP) is 7.12. The lowest BCUT2D eigenvalue weighted by atomic mass is 9.98. The molecule has 0 aliphatic carbocycles. The Bertz CT molecular complexity index is 1670. The number of hydrogen-bond donors (Lipinski definition) is 2.